The standard InChI is InChI=1S/C39H50O5Si2/c1-38(2,3)45(10,11)43-36-28-30(27-35(41-8)37(36)42-9)23-22-29-24-25-33(40-7)34(26-29)44-46(39(4,5)6,31-18-14-12-15-19-31)32-20-16-13-17-21-32/h12-28H,1-11H3/b23-22-. The van der Waals surface area contributed by atoms with Crippen LogP contribution in [0.5, 0.6) is 28.7 Å². The monoisotopic (exact) mass is 654 g/mol. The number of rotatable bonds is 11. The van der Waals surface area contributed by atoms with Gasteiger partial charge in [0.25, 0.3) is 8.32 Å². The molecule has 0 aliphatic carbocycles. The van der Waals surface area contributed by atoms with E-state index in [4.69, 9.17) is 23.1 Å². The van der Waals surface area contributed by atoms with Gasteiger partial charge in [-0.15, -0.1) is 0 Å². The van der Waals surface area contributed by atoms with E-state index in [-0.39, 0.29) is 10.1 Å². The second-order valence-corrected chi connectivity index (χ2v) is 23.1. The Kier molecular flexibility index (Phi) is 10.5. The van der Waals surface area contributed by atoms with Crippen LogP contribution >= 0.6 is 0 Å². The van der Waals surface area contributed by atoms with Crippen LogP contribution in [0.1, 0.15) is 52.7 Å². The SMILES string of the molecule is COc1ccc(/C=C\c2cc(OC)c(OC)c(O[Si](C)(C)C(C)(C)C)c2)cc1O[Si](c1ccccc1)(c1ccccc1)C(C)(C)C. The zero-order chi connectivity index (χ0) is 33.8. The van der Waals surface area contributed by atoms with Crippen molar-refractivity contribution in [3.63, 3.8) is 0 Å². The predicted molar refractivity (Wildman–Crippen MR) is 198 cm³/mol. The van der Waals surface area contributed by atoms with E-state index in [9.17, 15) is 0 Å². The molecule has 0 radical (unpaired) electrons. The van der Waals surface area contributed by atoms with E-state index in [1.807, 2.05) is 24.3 Å². The molecule has 0 aromatic heterocycles. The van der Waals surface area contributed by atoms with Crippen molar-refractivity contribution >= 4 is 39.2 Å². The number of benzene rings is 4. The third kappa shape index (κ3) is 7.21. The maximum absolute atomic E-state index is 7.35. The fraction of sp³-hybridized carbons (Fsp3) is 0.333. The van der Waals surface area contributed by atoms with Crippen LogP contribution < -0.4 is 33.4 Å². The van der Waals surface area contributed by atoms with E-state index in [0.717, 1.165) is 11.1 Å². The van der Waals surface area contributed by atoms with E-state index in [1.165, 1.54) is 10.4 Å². The molecule has 0 heterocycles. The highest BCUT2D eigenvalue weighted by molar-refractivity contribution is 7.00. The van der Waals surface area contributed by atoms with E-state index < -0.39 is 16.6 Å². The Labute approximate surface area is 278 Å². The van der Waals surface area contributed by atoms with Crippen LogP contribution in [0, 0.1) is 0 Å². The lowest BCUT2D eigenvalue weighted by atomic mass is 10.1. The molecule has 0 aliphatic heterocycles. The van der Waals surface area contributed by atoms with Gasteiger partial charge in [-0.3, -0.25) is 0 Å². The first-order valence-electron chi connectivity index (χ1n) is 15.8. The number of hydrogen-bond acceptors (Lipinski definition) is 5. The Balaban J connectivity index is 1.80. The predicted octanol–water partition coefficient (Wildman–Crippen LogP) is 9.21. The van der Waals surface area contributed by atoms with Crippen molar-refractivity contribution in [2.45, 2.75) is 64.7 Å². The van der Waals surface area contributed by atoms with Crippen LogP contribution in [0.4, 0.5) is 0 Å². The van der Waals surface area contributed by atoms with Crippen LogP contribution in [-0.2, 0) is 0 Å². The molecule has 0 saturated carbocycles. The van der Waals surface area contributed by atoms with Gasteiger partial charge in [0.05, 0.1) is 21.3 Å². The van der Waals surface area contributed by atoms with Crippen LogP contribution in [0.2, 0.25) is 23.2 Å². The smallest absolute Gasteiger partial charge is 0.320 e. The van der Waals surface area contributed by atoms with Crippen LogP contribution in [0.15, 0.2) is 91.0 Å². The number of ether oxygens (including phenoxy) is 3. The molecule has 0 bridgehead atoms. The fourth-order valence-corrected chi connectivity index (χ4v) is 10.9. The van der Waals surface area contributed by atoms with E-state index in [2.05, 4.69) is 134 Å². The minimum absolute atomic E-state index is 0.0294. The number of hydrogen-bond donors (Lipinski definition) is 0. The molecule has 5 nitrogen and oxygen atoms in total. The Morgan fingerprint density at radius 3 is 1.48 bits per heavy atom. The van der Waals surface area contributed by atoms with Crippen molar-refractivity contribution in [2.75, 3.05) is 21.3 Å². The third-order valence-corrected chi connectivity index (χ3v) is 18.2. The van der Waals surface area contributed by atoms with Crippen molar-refractivity contribution in [1.29, 1.82) is 0 Å². The van der Waals surface area contributed by atoms with Gasteiger partial charge in [-0.25, -0.2) is 0 Å². The van der Waals surface area contributed by atoms with Crippen molar-refractivity contribution < 1.29 is 23.1 Å². The zero-order valence-corrected chi connectivity index (χ0v) is 31.4. The van der Waals surface area contributed by atoms with Crippen LogP contribution in [0.25, 0.3) is 12.2 Å². The summed E-state index contributed by atoms with van der Waals surface area (Å²) < 4.78 is 31.4. The molecule has 4 aromatic rings. The number of methoxy groups -OCH3 is 3. The maximum atomic E-state index is 7.35. The van der Waals surface area contributed by atoms with Gasteiger partial charge >= 0.3 is 8.32 Å². The fourth-order valence-electron chi connectivity index (χ4n) is 5.43. The summed E-state index contributed by atoms with van der Waals surface area (Å²) in [5.74, 6) is 3.34. The van der Waals surface area contributed by atoms with E-state index in [0.29, 0.717) is 28.7 Å². The van der Waals surface area contributed by atoms with E-state index in [1.54, 1.807) is 21.3 Å². The summed E-state index contributed by atoms with van der Waals surface area (Å²) in [4.78, 5) is 0. The molecule has 0 aliphatic rings. The molecule has 7 heteroatoms. The third-order valence-electron chi connectivity index (χ3n) is 8.97. The minimum Gasteiger partial charge on any atom is -0.541 e. The highest BCUT2D eigenvalue weighted by atomic mass is 28.4. The van der Waals surface area contributed by atoms with Crippen LogP contribution in [-0.4, -0.2) is 38.0 Å². The second-order valence-electron chi connectivity index (χ2n) is 14.1. The molecule has 4 aromatic carbocycles. The van der Waals surface area contributed by atoms with Crippen molar-refractivity contribution in [1.82, 2.24) is 0 Å². The quantitative estimate of drug-likeness (QED) is 0.119. The second kappa shape index (κ2) is 13.8. The van der Waals surface area contributed by atoms with Crippen molar-refractivity contribution in [2.24, 2.45) is 0 Å². The molecular formula is C39H50O5Si2. The lowest BCUT2D eigenvalue weighted by Crippen LogP contribution is -2.68. The van der Waals surface area contributed by atoms with Crippen molar-refractivity contribution in [3.8, 4) is 28.7 Å². The first kappa shape index (κ1) is 34.9. The van der Waals surface area contributed by atoms with Gasteiger partial charge in [0.2, 0.25) is 5.75 Å². The summed E-state index contributed by atoms with van der Waals surface area (Å²) >= 11 is 0. The summed E-state index contributed by atoms with van der Waals surface area (Å²) in [6, 6.07) is 31.4. The molecule has 0 unspecified atom stereocenters. The molecule has 0 atom stereocenters. The summed E-state index contributed by atoms with van der Waals surface area (Å²) in [5, 5.41) is 2.25. The maximum Gasteiger partial charge on any atom is 0.320 e. The molecule has 46 heavy (non-hydrogen) atoms. The van der Waals surface area contributed by atoms with Gasteiger partial charge in [-0.2, -0.15) is 0 Å². The first-order valence-corrected chi connectivity index (χ1v) is 20.6. The molecule has 0 N–H and O–H groups in total. The van der Waals surface area contributed by atoms with Gasteiger partial charge in [0, 0.05) is 0 Å². The van der Waals surface area contributed by atoms with Crippen LogP contribution in [0.3, 0.4) is 0 Å². The Hall–Kier alpha value is -3.95. The van der Waals surface area contributed by atoms with Gasteiger partial charge in [-0.1, -0.05) is 120 Å². The highest BCUT2D eigenvalue weighted by Crippen LogP contribution is 2.45. The molecule has 0 saturated heterocycles. The molecule has 0 fully saturated rings. The van der Waals surface area contributed by atoms with Gasteiger partial charge in [-0.05, 0) is 68.9 Å². The van der Waals surface area contributed by atoms with Crippen molar-refractivity contribution in [3.05, 3.63) is 102 Å². The highest BCUT2D eigenvalue weighted by Gasteiger charge is 2.52. The molecule has 244 valence electrons. The molecular weight excluding hydrogens is 605 g/mol. The minimum atomic E-state index is -2.86. The average molecular weight is 655 g/mol. The Morgan fingerprint density at radius 1 is 0.500 bits per heavy atom. The average Bonchev–Trinajstić information content (AvgIpc) is 3.02. The summed E-state index contributed by atoms with van der Waals surface area (Å²) in [7, 11) is -0.00867. The Bertz CT molecular complexity index is 1600. The van der Waals surface area contributed by atoms with Gasteiger partial charge < -0.3 is 23.1 Å². The molecule has 0 amide bonds. The molecule has 4 rings (SSSR count). The van der Waals surface area contributed by atoms with Gasteiger partial charge in [0.15, 0.2) is 17.2 Å². The van der Waals surface area contributed by atoms with E-state index >= 15 is 0 Å². The Morgan fingerprint density at radius 2 is 1.00 bits per heavy atom. The zero-order valence-electron chi connectivity index (χ0n) is 29.4. The summed E-state index contributed by atoms with van der Waals surface area (Å²) in [5.41, 5.74) is 1.92. The largest absolute Gasteiger partial charge is 0.541 e. The summed E-state index contributed by atoms with van der Waals surface area (Å²) in [6.07, 6.45) is 4.14. The first-order chi connectivity index (χ1) is 21.7. The lowest BCUT2D eigenvalue weighted by Gasteiger charge is -2.43. The topological polar surface area (TPSA) is 46.2 Å². The molecule has 0 spiro atoms. The van der Waals surface area contributed by atoms with Gasteiger partial charge in [0.1, 0.15) is 5.75 Å². The lowest BCUT2D eigenvalue weighted by molar-refractivity contribution is 0.340. The normalized spacial score (nSPS) is 12.6. The summed E-state index contributed by atoms with van der Waals surface area (Å²) in [6.45, 7) is 18.0.